The SMILES string of the molecule is NC1=NC(N)(c2ccc(C3CC3)cc2)C([N+](=O)[O-])=CN1. The van der Waals surface area contributed by atoms with Crippen molar-refractivity contribution in [3.05, 3.63) is 57.4 Å². The zero-order chi connectivity index (χ0) is 14.3. The van der Waals surface area contributed by atoms with Gasteiger partial charge in [-0.25, -0.2) is 4.99 Å². The van der Waals surface area contributed by atoms with Gasteiger partial charge in [0.1, 0.15) is 0 Å². The third-order valence-corrected chi connectivity index (χ3v) is 3.64. The Bertz CT molecular complexity index is 618. The van der Waals surface area contributed by atoms with Gasteiger partial charge in [-0.15, -0.1) is 0 Å². The number of benzene rings is 1. The Morgan fingerprint density at radius 2 is 2.00 bits per heavy atom. The molecule has 20 heavy (non-hydrogen) atoms. The lowest BCUT2D eigenvalue weighted by molar-refractivity contribution is -0.436. The highest BCUT2D eigenvalue weighted by Crippen LogP contribution is 2.40. The lowest BCUT2D eigenvalue weighted by Crippen LogP contribution is -2.47. The molecule has 1 fully saturated rings. The topological polar surface area (TPSA) is 120 Å². The normalized spacial score (nSPS) is 25.4. The fraction of sp³-hybridized carbons (Fsp3) is 0.308. The minimum absolute atomic E-state index is 0.0596. The summed E-state index contributed by atoms with van der Waals surface area (Å²) in [6.07, 6.45) is 3.58. The summed E-state index contributed by atoms with van der Waals surface area (Å²) in [5, 5.41) is 13.7. The highest BCUT2D eigenvalue weighted by Gasteiger charge is 2.43. The number of nitro groups is 1. The van der Waals surface area contributed by atoms with Crippen LogP contribution in [0.25, 0.3) is 0 Å². The minimum Gasteiger partial charge on any atom is -0.370 e. The van der Waals surface area contributed by atoms with E-state index in [1.165, 1.54) is 24.6 Å². The Morgan fingerprint density at radius 1 is 1.35 bits per heavy atom. The van der Waals surface area contributed by atoms with Crippen LogP contribution in [0.5, 0.6) is 0 Å². The van der Waals surface area contributed by atoms with Gasteiger partial charge in [-0.05, 0) is 24.3 Å². The van der Waals surface area contributed by atoms with Crippen molar-refractivity contribution in [3.8, 4) is 0 Å². The molecule has 1 atom stereocenters. The number of hydrogen-bond acceptors (Lipinski definition) is 6. The van der Waals surface area contributed by atoms with E-state index in [1.54, 1.807) is 12.1 Å². The predicted octanol–water partition coefficient (Wildman–Crippen LogP) is 0.711. The first-order valence-corrected chi connectivity index (χ1v) is 6.37. The maximum Gasteiger partial charge on any atom is 0.308 e. The van der Waals surface area contributed by atoms with E-state index >= 15 is 0 Å². The van der Waals surface area contributed by atoms with Crippen LogP contribution in [0.3, 0.4) is 0 Å². The van der Waals surface area contributed by atoms with Crippen molar-refractivity contribution in [3.63, 3.8) is 0 Å². The molecule has 5 N–H and O–H groups in total. The Hall–Kier alpha value is -2.41. The van der Waals surface area contributed by atoms with Crippen molar-refractivity contribution < 1.29 is 4.92 Å². The summed E-state index contributed by atoms with van der Waals surface area (Å²) in [7, 11) is 0. The van der Waals surface area contributed by atoms with Gasteiger partial charge in [0.15, 0.2) is 5.96 Å². The summed E-state index contributed by atoms with van der Waals surface area (Å²) >= 11 is 0. The lowest BCUT2D eigenvalue weighted by atomic mass is 9.95. The smallest absolute Gasteiger partial charge is 0.308 e. The summed E-state index contributed by atoms with van der Waals surface area (Å²) in [6.45, 7) is 0. The molecule has 1 aliphatic heterocycles. The van der Waals surface area contributed by atoms with Gasteiger partial charge in [0.05, 0.1) is 11.1 Å². The quantitative estimate of drug-likeness (QED) is 0.553. The fourth-order valence-electron chi connectivity index (χ4n) is 2.36. The molecule has 0 aromatic heterocycles. The molecule has 0 amide bonds. The highest BCUT2D eigenvalue weighted by atomic mass is 16.6. The van der Waals surface area contributed by atoms with Crippen molar-refractivity contribution in [1.29, 1.82) is 0 Å². The monoisotopic (exact) mass is 273 g/mol. The van der Waals surface area contributed by atoms with Gasteiger partial charge in [-0.3, -0.25) is 15.8 Å². The molecular weight excluding hydrogens is 258 g/mol. The van der Waals surface area contributed by atoms with Crippen LogP contribution in [0.1, 0.15) is 29.9 Å². The van der Waals surface area contributed by atoms with Gasteiger partial charge in [0, 0.05) is 5.56 Å². The van der Waals surface area contributed by atoms with Gasteiger partial charge >= 0.3 is 5.70 Å². The molecule has 1 aliphatic carbocycles. The van der Waals surface area contributed by atoms with Gasteiger partial charge in [-0.1, -0.05) is 24.3 Å². The van der Waals surface area contributed by atoms with Gasteiger partial charge < -0.3 is 11.1 Å². The highest BCUT2D eigenvalue weighted by molar-refractivity contribution is 5.81. The maximum absolute atomic E-state index is 11.1. The average Bonchev–Trinajstić information content (AvgIpc) is 3.22. The zero-order valence-corrected chi connectivity index (χ0v) is 10.7. The summed E-state index contributed by atoms with van der Waals surface area (Å²) in [6, 6.07) is 7.47. The predicted molar refractivity (Wildman–Crippen MR) is 74.1 cm³/mol. The lowest BCUT2D eigenvalue weighted by Gasteiger charge is -2.26. The van der Waals surface area contributed by atoms with Gasteiger partial charge in [-0.2, -0.15) is 0 Å². The average molecular weight is 273 g/mol. The Labute approximate surface area is 115 Å². The summed E-state index contributed by atoms with van der Waals surface area (Å²) in [5.74, 6) is 0.675. The van der Waals surface area contributed by atoms with Crippen LogP contribution >= 0.6 is 0 Å². The van der Waals surface area contributed by atoms with E-state index in [2.05, 4.69) is 10.3 Å². The van der Waals surface area contributed by atoms with E-state index in [-0.39, 0.29) is 11.7 Å². The molecule has 2 aliphatic rings. The number of hydrogen-bond donors (Lipinski definition) is 3. The third-order valence-electron chi connectivity index (χ3n) is 3.64. The van der Waals surface area contributed by atoms with Crippen LogP contribution < -0.4 is 16.8 Å². The van der Waals surface area contributed by atoms with Crippen LogP contribution in [-0.2, 0) is 5.66 Å². The van der Waals surface area contributed by atoms with E-state index in [1.807, 2.05) is 12.1 Å². The number of aliphatic imine (C=N–C) groups is 1. The molecule has 0 saturated heterocycles. The largest absolute Gasteiger partial charge is 0.370 e. The third kappa shape index (κ3) is 2.01. The molecule has 0 radical (unpaired) electrons. The molecule has 1 heterocycles. The van der Waals surface area contributed by atoms with Crippen molar-refractivity contribution in [2.24, 2.45) is 16.5 Å². The number of guanidine groups is 1. The van der Waals surface area contributed by atoms with Crippen molar-refractivity contribution in [2.45, 2.75) is 24.4 Å². The molecule has 0 bridgehead atoms. The second-order valence-electron chi connectivity index (χ2n) is 5.09. The molecule has 0 spiro atoms. The molecular formula is C13H15N5O2. The van der Waals surface area contributed by atoms with Crippen LogP contribution in [0.2, 0.25) is 0 Å². The van der Waals surface area contributed by atoms with Crippen molar-refractivity contribution >= 4 is 5.96 Å². The summed E-state index contributed by atoms with van der Waals surface area (Å²) in [5.41, 5.74) is 11.7. The zero-order valence-electron chi connectivity index (χ0n) is 10.7. The Kier molecular flexibility index (Phi) is 2.72. The number of nitrogens with two attached hydrogens (primary N) is 2. The van der Waals surface area contributed by atoms with E-state index in [0.29, 0.717) is 11.5 Å². The molecule has 3 rings (SSSR count). The molecule has 104 valence electrons. The van der Waals surface area contributed by atoms with E-state index in [9.17, 15) is 10.1 Å². The van der Waals surface area contributed by atoms with Crippen molar-refractivity contribution in [1.82, 2.24) is 5.32 Å². The van der Waals surface area contributed by atoms with Gasteiger partial charge in [0.25, 0.3) is 0 Å². The molecule has 1 saturated carbocycles. The molecule has 1 aromatic rings. The molecule has 7 nitrogen and oxygen atoms in total. The second kappa shape index (κ2) is 4.31. The first kappa shape index (κ1) is 12.6. The van der Waals surface area contributed by atoms with Gasteiger partial charge in [0.2, 0.25) is 5.66 Å². The maximum atomic E-state index is 11.1. The van der Waals surface area contributed by atoms with E-state index in [4.69, 9.17) is 11.5 Å². The fourth-order valence-corrected chi connectivity index (χ4v) is 2.36. The number of nitrogens with one attached hydrogen (secondary N) is 1. The standard InChI is InChI=1S/C13H15N5O2/c14-12-16-7-11(18(19)20)13(15,17-12)10-5-3-9(4-6-10)8-1-2-8/h3-8H,1-2,15H2,(H3,14,16,17). The second-order valence-corrected chi connectivity index (χ2v) is 5.09. The minimum atomic E-state index is -1.55. The Morgan fingerprint density at radius 3 is 2.55 bits per heavy atom. The molecule has 1 unspecified atom stereocenters. The number of nitrogens with zero attached hydrogens (tertiary/aromatic N) is 2. The molecule has 1 aromatic carbocycles. The number of rotatable bonds is 3. The Balaban J connectivity index is 2.01. The van der Waals surface area contributed by atoms with E-state index in [0.717, 1.165) is 0 Å². The van der Waals surface area contributed by atoms with Crippen molar-refractivity contribution in [2.75, 3.05) is 0 Å². The molecule has 7 heteroatoms. The first-order valence-electron chi connectivity index (χ1n) is 6.37. The van der Waals surface area contributed by atoms with Crippen LogP contribution in [0.4, 0.5) is 0 Å². The van der Waals surface area contributed by atoms with E-state index < -0.39 is 10.6 Å². The van der Waals surface area contributed by atoms with Crippen LogP contribution in [0, 0.1) is 10.1 Å². The summed E-state index contributed by atoms with van der Waals surface area (Å²) < 4.78 is 0. The summed E-state index contributed by atoms with van der Waals surface area (Å²) in [4.78, 5) is 14.6. The first-order chi connectivity index (χ1) is 9.50. The van der Waals surface area contributed by atoms with Crippen LogP contribution in [-0.4, -0.2) is 10.9 Å². The van der Waals surface area contributed by atoms with Crippen LogP contribution in [0.15, 0.2) is 41.2 Å².